The van der Waals surface area contributed by atoms with E-state index in [-0.39, 0.29) is 5.75 Å². The van der Waals surface area contributed by atoms with Crippen LogP contribution in [0.2, 0.25) is 0 Å². The van der Waals surface area contributed by atoms with E-state index in [1.807, 2.05) is 23.1 Å². The Bertz CT molecular complexity index is 692. The van der Waals surface area contributed by atoms with E-state index in [1.54, 1.807) is 12.1 Å². The van der Waals surface area contributed by atoms with Crippen LogP contribution in [0.3, 0.4) is 0 Å². The Morgan fingerprint density at radius 1 is 1.18 bits per heavy atom. The molecule has 3 nitrogen and oxygen atoms in total. The predicted octanol–water partition coefficient (Wildman–Crippen LogP) is 4.16. The number of hydrogen-bond acceptors (Lipinski definition) is 4. The number of phenolic OH excluding ortho intramolecular Hbond substituents is 1. The van der Waals surface area contributed by atoms with Crippen LogP contribution in [0.1, 0.15) is 16.9 Å². The number of thiazole rings is 1. The van der Waals surface area contributed by atoms with Crippen LogP contribution in [0, 0.1) is 0 Å². The highest BCUT2D eigenvalue weighted by molar-refractivity contribution is 7.15. The Morgan fingerprint density at radius 3 is 2.45 bits per heavy atom. The molecule has 0 fully saturated rings. The summed E-state index contributed by atoms with van der Waals surface area (Å²) in [6.07, 6.45) is -0.728. The summed E-state index contributed by atoms with van der Waals surface area (Å²) in [6, 6.07) is 6.92. The molecule has 0 aliphatic carbocycles. The van der Waals surface area contributed by atoms with Gasteiger partial charge in [0.2, 0.25) is 0 Å². The maximum absolute atomic E-state index is 12.6. The van der Waals surface area contributed by atoms with Crippen LogP contribution in [0.25, 0.3) is 5.57 Å². The molecule has 0 amide bonds. The third-order valence-electron chi connectivity index (χ3n) is 3.49. The molecule has 0 spiro atoms. The second-order valence-electron chi connectivity index (χ2n) is 4.98. The molecule has 22 heavy (non-hydrogen) atoms. The molecule has 1 aromatic carbocycles. The summed E-state index contributed by atoms with van der Waals surface area (Å²) >= 11 is 0.673. The van der Waals surface area contributed by atoms with E-state index in [0.29, 0.717) is 29.6 Å². The van der Waals surface area contributed by atoms with Crippen LogP contribution < -0.4 is 4.90 Å². The Kier molecular flexibility index (Phi) is 3.82. The number of phenols is 1. The van der Waals surface area contributed by atoms with E-state index in [1.165, 1.54) is 0 Å². The monoisotopic (exact) mass is 326 g/mol. The second kappa shape index (κ2) is 5.64. The lowest BCUT2D eigenvalue weighted by Gasteiger charge is -2.26. The third-order valence-corrected chi connectivity index (χ3v) is 4.59. The molecule has 1 N–H and O–H groups in total. The first-order chi connectivity index (χ1) is 10.4. The van der Waals surface area contributed by atoms with E-state index >= 15 is 0 Å². The van der Waals surface area contributed by atoms with Gasteiger partial charge in [-0.05, 0) is 29.7 Å². The molecule has 7 heteroatoms. The second-order valence-corrected chi connectivity index (χ2v) is 5.99. The summed E-state index contributed by atoms with van der Waals surface area (Å²) in [5.74, 6) is 0.212. The molecule has 0 unspecified atom stereocenters. The van der Waals surface area contributed by atoms with Crippen molar-refractivity contribution < 1.29 is 18.3 Å². The van der Waals surface area contributed by atoms with Crippen molar-refractivity contribution in [1.82, 2.24) is 4.98 Å². The third kappa shape index (κ3) is 3.09. The molecule has 1 aromatic heterocycles. The lowest BCUT2D eigenvalue weighted by molar-refractivity contribution is -0.134. The van der Waals surface area contributed by atoms with E-state index in [2.05, 4.69) is 4.98 Å². The summed E-state index contributed by atoms with van der Waals surface area (Å²) in [7, 11) is 0. The molecule has 0 radical (unpaired) electrons. The van der Waals surface area contributed by atoms with Crippen LogP contribution in [0.4, 0.5) is 18.3 Å². The number of anilines is 1. The van der Waals surface area contributed by atoms with Gasteiger partial charge in [-0.25, -0.2) is 4.98 Å². The van der Waals surface area contributed by atoms with Crippen LogP contribution >= 0.6 is 11.3 Å². The number of aromatic hydroxyl groups is 1. The maximum Gasteiger partial charge on any atom is 0.427 e. The zero-order valence-corrected chi connectivity index (χ0v) is 12.3. The highest BCUT2D eigenvalue weighted by Gasteiger charge is 2.34. The van der Waals surface area contributed by atoms with Gasteiger partial charge in [0.25, 0.3) is 0 Å². The number of halogens is 3. The first kappa shape index (κ1) is 14.9. The Hall–Kier alpha value is -2.02. The van der Waals surface area contributed by atoms with Crippen molar-refractivity contribution in [3.63, 3.8) is 0 Å². The number of benzene rings is 1. The van der Waals surface area contributed by atoms with Gasteiger partial charge >= 0.3 is 6.18 Å². The van der Waals surface area contributed by atoms with E-state index in [0.717, 1.165) is 23.8 Å². The highest BCUT2D eigenvalue weighted by atomic mass is 32.1. The number of hydrogen-bond donors (Lipinski definition) is 1. The zero-order chi connectivity index (χ0) is 15.7. The normalized spacial score (nSPS) is 15.8. The van der Waals surface area contributed by atoms with Crippen molar-refractivity contribution in [1.29, 1.82) is 0 Å². The largest absolute Gasteiger partial charge is 0.508 e. The molecule has 3 rings (SSSR count). The first-order valence-electron chi connectivity index (χ1n) is 6.70. The Morgan fingerprint density at radius 2 is 1.91 bits per heavy atom. The SMILES string of the molecule is Oc1ccc(C2=CCN(c3ncc(C(F)(F)F)s3)CC2)cc1. The summed E-state index contributed by atoms with van der Waals surface area (Å²) in [5.41, 5.74) is 2.15. The van der Waals surface area contributed by atoms with Gasteiger partial charge in [-0.3, -0.25) is 0 Å². The smallest absolute Gasteiger partial charge is 0.427 e. The van der Waals surface area contributed by atoms with Crippen molar-refractivity contribution in [3.05, 3.63) is 47.0 Å². The lowest BCUT2D eigenvalue weighted by atomic mass is 10.00. The summed E-state index contributed by atoms with van der Waals surface area (Å²) in [4.78, 5) is 5.04. The topological polar surface area (TPSA) is 36.4 Å². The van der Waals surface area contributed by atoms with Crippen molar-refractivity contribution in [3.8, 4) is 5.75 Å². The summed E-state index contributed by atoms with van der Waals surface area (Å²) in [5, 5.41) is 9.68. The fourth-order valence-electron chi connectivity index (χ4n) is 2.32. The van der Waals surface area contributed by atoms with Crippen LogP contribution in [-0.4, -0.2) is 23.2 Å². The van der Waals surface area contributed by atoms with Crippen LogP contribution in [0.5, 0.6) is 5.75 Å². The number of aromatic nitrogens is 1. The van der Waals surface area contributed by atoms with Gasteiger partial charge in [0.05, 0.1) is 6.20 Å². The van der Waals surface area contributed by atoms with Crippen LogP contribution in [-0.2, 0) is 6.18 Å². The molecule has 2 heterocycles. The molecule has 0 atom stereocenters. The van der Waals surface area contributed by atoms with Crippen molar-refractivity contribution >= 4 is 22.0 Å². The van der Waals surface area contributed by atoms with Gasteiger partial charge in [0, 0.05) is 13.1 Å². The zero-order valence-electron chi connectivity index (χ0n) is 11.5. The molecular formula is C15H13F3N2OS. The highest BCUT2D eigenvalue weighted by Crippen LogP contribution is 2.37. The number of alkyl halides is 3. The molecular weight excluding hydrogens is 313 g/mol. The molecule has 0 saturated carbocycles. The molecule has 2 aromatic rings. The van der Waals surface area contributed by atoms with Gasteiger partial charge in [0.1, 0.15) is 10.6 Å². The van der Waals surface area contributed by atoms with Crippen molar-refractivity contribution in [2.24, 2.45) is 0 Å². The molecule has 1 aliphatic heterocycles. The quantitative estimate of drug-likeness (QED) is 0.900. The van der Waals surface area contributed by atoms with Crippen molar-refractivity contribution in [2.75, 3.05) is 18.0 Å². The van der Waals surface area contributed by atoms with E-state index < -0.39 is 11.1 Å². The average molecular weight is 326 g/mol. The molecule has 0 bridgehead atoms. The minimum absolute atomic E-state index is 0.212. The predicted molar refractivity (Wildman–Crippen MR) is 80.0 cm³/mol. The van der Waals surface area contributed by atoms with Gasteiger partial charge in [-0.1, -0.05) is 29.5 Å². The van der Waals surface area contributed by atoms with Gasteiger partial charge in [-0.15, -0.1) is 0 Å². The maximum atomic E-state index is 12.6. The molecule has 116 valence electrons. The first-order valence-corrected chi connectivity index (χ1v) is 7.51. The van der Waals surface area contributed by atoms with Gasteiger partial charge in [0.15, 0.2) is 5.13 Å². The Balaban J connectivity index is 1.73. The minimum Gasteiger partial charge on any atom is -0.508 e. The van der Waals surface area contributed by atoms with Crippen molar-refractivity contribution in [2.45, 2.75) is 12.6 Å². The number of nitrogens with zero attached hydrogens (tertiary/aromatic N) is 2. The average Bonchev–Trinajstić information content (AvgIpc) is 2.98. The number of rotatable bonds is 2. The van der Waals surface area contributed by atoms with E-state index in [9.17, 15) is 18.3 Å². The summed E-state index contributed by atoms with van der Waals surface area (Å²) in [6.45, 7) is 1.15. The fourth-order valence-corrected chi connectivity index (χ4v) is 3.14. The lowest BCUT2D eigenvalue weighted by Crippen LogP contribution is -2.27. The van der Waals surface area contributed by atoms with Crippen LogP contribution in [0.15, 0.2) is 36.5 Å². The standard InChI is InChI=1S/C15H13F3N2OS/c16-15(17,18)13-9-19-14(22-13)20-7-5-11(6-8-20)10-1-3-12(21)4-2-10/h1-5,9,21H,6-8H2. The molecule has 1 aliphatic rings. The van der Waals surface area contributed by atoms with Gasteiger partial charge in [-0.2, -0.15) is 13.2 Å². The Labute approximate surface area is 129 Å². The fraction of sp³-hybridized carbons (Fsp3) is 0.267. The minimum atomic E-state index is -4.33. The van der Waals surface area contributed by atoms with E-state index in [4.69, 9.17) is 0 Å². The molecule has 0 saturated heterocycles. The van der Waals surface area contributed by atoms with Gasteiger partial charge < -0.3 is 10.0 Å². The summed E-state index contributed by atoms with van der Waals surface area (Å²) < 4.78 is 37.8.